The number of rotatable bonds is 2. The highest BCUT2D eigenvalue weighted by molar-refractivity contribution is 5.80. The predicted octanol–water partition coefficient (Wildman–Crippen LogP) is 2.67. The monoisotopic (exact) mass is 346 g/mol. The van der Waals surface area contributed by atoms with Gasteiger partial charge in [0.05, 0.1) is 11.5 Å². The van der Waals surface area contributed by atoms with E-state index in [1.807, 2.05) is 30.0 Å². The number of pyridine rings is 1. The van der Waals surface area contributed by atoms with E-state index >= 15 is 0 Å². The van der Waals surface area contributed by atoms with Crippen molar-refractivity contribution in [2.24, 2.45) is 5.92 Å². The fourth-order valence-electron chi connectivity index (χ4n) is 3.97. The van der Waals surface area contributed by atoms with Crippen molar-refractivity contribution in [1.29, 1.82) is 5.26 Å². The number of amides is 1. The average molecular weight is 346 g/mol. The van der Waals surface area contributed by atoms with Crippen LogP contribution < -0.4 is 4.90 Å². The molecule has 4 rings (SSSR count). The number of aromatic nitrogens is 1. The summed E-state index contributed by atoms with van der Waals surface area (Å²) in [6.07, 6.45) is 1.74. The highest BCUT2D eigenvalue weighted by Crippen LogP contribution is 2.28. The highest BCUT2D eigenvalue weighted by Gasteiger charge is 2.34. The second-order valence-electron chi connectivity index (χ2n) is 7.15. The number of hydrogen-bond donors (Lipinski definition) is 0. The van der Waals surface area contributed by atoms with E-state index in [-0.39, 0.29) is 11.8 Å². The van der Waals surface area contributed by atoms with E-state index in [1.54, 1.807) is 0 Å². The van der Waals surface area contributed by atoms with Gasteiger partial charge in [0.1, 0.15) is 11.9 Å². The normalized spacial score (nSPS) is 19.2. The van der Waals surface area contributed by atoms with Crippen molar-refractivity contribution >= 4 is 11.7 Å². The van der Waals surface area contributed by atoms with Gasteiger partial charge in [-0.3, -0.25) is 4.79 Å². The molecule has 1 aromatic heterocycles. The lowest BCUT2D eigenvalue weighted by Crippen LogP contribution is -2.40. The molecule has 1 unspecified atom stereocenters. The maximum atomic E-state index is 13.0. The van der Waals surface area contributed by atoms with Crippen molar-refractivity contribution in [3.05, 3.63) is 58.8 Å². The zero-order valence-electron chi connectivity index (χ0n) is 15.0. The molecule has 3 heterocycles. The molecule has 0 bridgehead atoms. The molecule has 2 aliphatic heterocycles. The summed E-state index contributed by atoms with van der Waals surface area (Å²) in [5, 5.41) is 9.35. The second kappa shape index (κ2) is 6.80. The van der Waals surface area contributed by atoms with Crippen LogP contribution in [-0.4, -0.2) is 35.4 Å². The van der Waals surface area contributed by atoms with Crippen LogP contribution >= 0.6 is 0 Å². The molecular weight excluding hydrogens is 324 g/mol. The summed E-state index contributed by atoms with van der Waals surface area (Å²) >= 11 is 0. The molecule has 0 N–H and O–H groups in total. The Morgan fingerprint density at radius 2 is 2.00 bits per heavy atom. The smallest absolute Gasteiger partial charge is 0.227 e. The third-order valence-corrected chi connectivity index (χ3v) is 5.41. The van der Waals surface area contributed by atoms with Crippen LogP contribution in [0.1, 0.15) is 28.8 Å². The zero-order chi connectivity index (χ0) is 18.1. The molecule has 0 radical (unpaired) electrons. The summed E-state index contributed by atoms with van der Waals surface area (Å²) in [6.45, 7) is 4.83. The largest absolute Gasteiger partial charge is 0.355 e. The Morgan fingerprint density at radius 1 is 1.19 bits per heavy atom. The van der Waals surface area contributed by atoms with Gasteiger partial charge >= 0.3 is 0 Å². The fourth-order valence-corrected chi connectivity index (χ4v) is 3.97. The van der Waals surface area contributed by atoms with Crippen LogP contribution in [0.4, 0.5) is 5.82 Å². The van der Waals surface area contributed by atoms with Gasteiger partial charge in [-0.25, -0.2) is 4.98 Å². The number of carbonyl (C=O) groups excluding carboxylic acids is 1. The number of aryl methyl sites for hydroxylation is 1. The third-order valence-electron chi connectivity index (χ3n) is 5.41. The number of benzene rings is 1. The van der Waals surface area contributed by atoms with Crippen LogP contribution in [0, 0.1) is 24.2 Å². The van der Waals surface area contributed by atoms with Gasteiger partial charge in [0.25, 0.3) is 0 Å². The van der Waals surface area contributed by atoms with E-state index in [0.29, 0.717) is 24.5 Å². The van der Waals surface area contributed by atoms with Crippen molar-refractivity contribution in [2.75, 3.05) is 24.5 Å². The lowest BCUT2D eigenvalue weighted by Gasteiger charge is -2.31. The molecule has 1 atom stereocenters. The number of carbonyl (C=O) groups is 1. The minimum absolute atomic E-state index is 0.0193. The van der Waals surface area contributed by atoms with Gasteiger partial charge in [0.15, 0.2) is 0 Å². The Labute approximate surface area is 153 Å². The van der Waals surface area contributed by atoms with Crippen LogP contribution in [-0.2, 0) is 17.8 Å². The van der Waals surface area contributed by atoms with E-state index < -0.39 is 0 Å². The molecule has 2 aromatic rings. The summed E-state index contributed by atoms with van der Waals surface area (Å²) in [6, 6.07) is 14.3. The minimum atomic E-state index is -0.0193. The van der Waals surface area contributed by atoms with E-state index in [2.05, 4.69) is 34.2 Å². The maximum absolute atomic E-state index is 13.0. The van der Waals surface area contributed by atoms with Crippen LogP contribution in [0.5, 0.6) is 0 Å². The summed E-state index contributed by atoms with van der Waals surface area (Å²) in [7, 11) is 0. The number of fused-ring (bicyclic) bond motifs is 1. The highest BCUT2D eigenvalue weighted by atomic mass is 16.2. The fraction of sp³-hybridized carbons (Fsp3) is 0.381. The van der Waals surface area contributed by atoms with E-state index in [0.717, 1.165) is 31.6 Å². The molecule has 0 saturated carbocycles. The molecular formula is C21H22N4O. The topological polar surface area (TPSA) is 60.2 Å². The van der Waals surface area contributed by atoms with Gasteiger partial charge in [-0.15, -0.1) is 0 Å². The molecule has 1 amide bonds. The molecule has 1 fully saturated rings. The SMILES string of the molecule is Cc1ccc(C#N)c(N2CCC(C(=O)N3CCc4ccccc4C3)C2)n1. The molecule has 2 aliphatic rings. The first-order valence-corrected chi connectivity index (χ1v) is 9.14. The van der Waals surface area contributed by atoms with Gasteiger partial charge in [-0.2, -0.15) is 5.26 Å². The van der Waals surface area contributed by atoms with Crippen molar-refractivity contribution < 1.29 is 4.79 Å². The van der Waals surface area contributed by atoms with Crippen molar-refractivity contribution in [1.82, 2.24) is 9.88 Å². The van der Waals surface area contributed by atoms with Crippen molar-refractivity contribution in [2.45, 2.75) is 26.3 Å². The maximum Gasteiger partial charge on any atom is 0.227 e. The first-order valence-electron chi connectivity index (χ1n) is 9.14. The van der Waals surface area contributed by atoms with Crippen molar-refractivity contribution in [3.8, 4) is 6.07 Å². The second-order valence-corrected chi connectivity index (χ2v) is 7.15. The standard InChI is InChI=1S/C21H22N4O/c1-15-6-7-17(12-22)20(23-15)24-10-9-19(14-24)21(26)25-11-8-16-4-2-3-5-18(16)13-25/h2-7,19H,8-11,13-14H2,1H3. The van der Waals surface area contributed by atoms with Crippen LogP contribution in [0.15, 0.2) is 36.4 Å². The minimum Gasteiger partial charge on any atom is -0.355 e. The lowest BCUT2D eigenvalue weighted by molar-refractivity contribution is -0.135. The number of hydrogen-bond acceptors (Lipinski definition) is 4. The lowest BCUT2D eigenvalue weighted by atomic mass is 9.98. The number of anilines is 1. The van der Waals surface area contributed by atoms with Crippen LogP contribution in [0.25, 0.3) is 0 Å². The zero-order valence-corrected chi connectivity index (χ0v) is 15.0. The molecule has 5 nitrogen and oxygen atoms in total. The first kappa shape index (κ1) is 16.6. The van der Waals surface area contributed by atoms with Gasteiger partial charge in [0.2, 0.25) is 5.91 Å². The average Bonchev–Trinajstić information content (AvgIpc) is 3.17. The van der Waals surface area contributed by atoms with Crippen molar-refractivity contribution in [3.63, 3.8) is 0 Å². The van der Waals surface area contributed by atoms with Crippen LogP contribution in [0.3, 0.4) is 0 Å². The Hall–Kier alpha value is -2.87. The number of nitriles is 1. The third kappa shape index (κ3) is 3.03. The molecule has 132 valence electrons. The molecule has 5 heteroatoms. The Kier molecular flexibility index (Phi) is 4.34. The van der Waals surface area contributed by atoms with Gasteiger partial charge < -0.3 is 9.80 Å². The van der Waals surface area contributed by atoms with Gasteiger partial charge in [-0.05, 0) is 43.0 Å². The molecule has 1 saturated heterocycles. The molecule has 1 aromatic carbocycles. The Morgan fingerprint density at radius 3 is 2.81 bits per heavy atom. The molecule has 0 spiro atoms. The summed E-state index contributed by atoms with van der Waals surface area (Å²) in [4.78, 5) is 21.6. The quantitative estimate of drug-likeness (QED) is 0.839. The number of nitrogens with zero attached hydrogens (tertiary/aromatic N) is 4. The Bertz CT molecular complexity index is 886. The van der Waals surface area contributed by atoms with Gasteiger partial charge in [0, 0.05) is 31.9 Å². The van der Waals surface area contributed by atoms with Crippen LogP contribution in [0.2, 0.25) is 0 Å². The molecule has 0 aliphatic carbocycles. The van der Waals surface area contributed by atoms with E-state index in [4.69, 9.17) is 0 Å². The first-order chi connectivity index (χ1) is 12.7. The molecule has 26 heavy (non-hydrogen) atoms. The summed E-state index contributed by atoms with van der Waals surface area (Å²) < 4.78 is 0. The van der Waals surface area contributed by atoms with E-state index in [1.165, 1.54) is 11.1 Å². The summed E-state index contributed by atoms with van der Waals surface area (Å²) in [5.74, 6) is 0.925. The predicted molar refractivity (Wildman–Crippen MR) is 99.6 cm³/mol. The summed E-state index contributed by atoms with van der Waals surface area (Å²) in [5.41, 5.74) is 4.08. The van der Waals surface area contributed by atoms with Gasteiger partial charge in [-0.1, -0.05) is 24.3 Å². The Balaban J connectivity index is 1.47. The van der Waals surface area contributed by atoms with E-state index in [9.17, 15) is 10.1 Å².